The van der Waals surface area contributed by atoms with Gasteiger partial charge < -0.3 is 4.74 Å². The molecule has 0 bridgehead atoms. The number of nitriles is 1. The fourth-order valence-corrected chi connectivity index (χ4v) is 4.69. The van der Waals surface area contributed by atoms with Crippen molar-refractivity contribution in [2.45, 2.75) is 76.2 Å². The van der Waals surface area contributed by atoms with Crippen LogP contribution in [-0.4, -0.2) is 12.1 Å². The number of rotatable bonds is 6. The zero-order valence-corrected chi connectivity index (χ0v) is 16.8. The molecule has 0 saturated heterocycles. The molecule has 3 rings (SSSR count). The molecule has 0 unspecified atom stereocenters. The van der Waals surface area contributed by atoms with E-state index >= 15 is 0 Å². The van der Waals surface area contributed by atoms with Gasteiger partial charge in [0.15, 0.2) is 5.83 Å². The molecule has 1 aromatic carbocycles. The summed E-state index contributed by atoms with van der Waals surface area (Å²) in [5, 5.41) is 8.42. The highest BCUT2D eigenvalue weighted by Crippen LogP contribution is 2.37. The quantitative estimate of drug-likeness (QED) is 0.412. The van der Waals surface area contributed by atoms with Crippen LogP contribution in [0.5, 0.6) is 0 Å². The second-order valence-corrected chi connectivity index (χ2v) is 8.42. The summed E-state index contributed by atoms with van der Waals surface area (Å²) in [5.41, 5.74) is 1.15. The highest BCUT2D eigenvalue weighted by molar-refractivity contribution is 5.72. The number of esters is 1. The number of benzene rings is 1. The van der Waals surface area contributed by atoms with E-state index in [1.807, 2.05) is 12.1 Å². The molecule has 0 heterocycles. The molecule has 3 nitrogen and oxygen atoms in total. The fraction of sp³-hybridized carbons (Fsp3) is 0.583. The lowest BCUT2D eigenvalue weighted by Gasteiger charge is -2.31. The maximum atomic E-state index is 13.1. The van der Waals surface area contributed by atoms with Crippen molar-refractivity contribution in [1.29, 1.82) is 5.26 Å². The van der Waals surface area contributed by atoms with Gasteiger partial charge >= 0.3 is 5.97 Å². The molecular weight excluding hydrogens is 372 g/mol. The number of allylic oxidation sites excluding steroid dienone is 2. The first-order valence-corrected chi connectivity index (χ1v) is 10.8. The standard InChI is InChI=1S/C24H29F2NO2/c25-21-12-10-19(11-13-21)18-6-8-20(9-7-18)24(28)29-23-14-4-17(5-15-23)2-1-3-22(26)16-27/h3,10-13,17-18,20,23H,1-2,4-9,14-15H2/b22-3+. The summed E-state index contributed by atoms with van der Waals surface area (Å²) in [6, 6.07) is 8.20. The van der Waals surface area contributed by atoms with Crippen LogP contribution in [0.15, 0.2) is 36.2 Å². The van der Waals surface area contributed by atoms with Gasteiger partial charge in [-0.1, -0.05) is 12.1 Å². The maximum Gasteiger partial charge on any atom is 0.309 e. The molecule has 2 aliphatic carbocycles. The van der Waals surface area contributed by atoms with Gasteiger partial charge in [-0.2, -0.15) is 9.65 Å². The molecule has 29 heavy (non-hydrogen) atoms. The number of nitrogens with zero attached hydrogens (tertiary/aromatic N) is 1. The fourth-order valence-electron chi connectivity index (χ4n) is 4.69. The topological polar surface area (TPSA) is 50.1 Å². The van der Waals surface area contributed by atoms with Crippen molar-refractivity contribution < 1.29 is 18.3 Å². The summed E-state index contributed by atoms with van der Waals surface area (Å²) >= 11 is 0. The third-order valence-corrected chi connectivity index (χ3v) is 6.48. The molecule has 156 valence electrons. The van der Waals surface area contributed by atoms with Crippen LogP contribution < -0.4 is 0 Å². The maximum absolute atomic E-state index is 13.1. The lowest BCUT2D eigenvalue weighted by molar-refractivity contribution is -0.157. The number of carbonyl (C=O) groups is 1. The number of hydrogen-bond acceptors (Lipinski definition) is 3. The molecule has 5 heteroatoms. The van der Waals surface area contributed by atoms with Crippen LogP contribution in [0.1, 0.15) is 75.7 Å². The zero-order valence-electron chi connectivity index (χ0n) is 16.8. The van der Waals surface area contributed by atoms with Crippen molar-refractivity contribution >= 4 is 5.97 Å². The monoisotopic (exact) mass is 401 g/mol. The van der Waals surface area contributed by atoms with Crippen molar-refractivity contribution in [3.05, 3.63) is 47.5 Å². The summed E-state index contributed by atoms with van der Waals surface area (Å²) in [7, 11) is 0. The summed E-state index contributed by atoms with van der Waals surface area (Å²) < 4.78 is 31.7. The predicted molar refractivity (Wildman–Crippen MR) is 107 cm³/mol. The molecule has 0 aliphatic heterocycles. The van der Waals surface area contributed by atoms with Crippen LogP contribution >= 0.6 is 0 Å². The van der Waals surface area contributed by atoms with Gasteiger partial charge in [0.25, 0.3) is 0 Å². The van der Waals surface area contributed by atoms with Crippen LogP contribution in [0.2, 0.25) is 0 Å². The second-order valence-electron chi connectivity index (χ2n) is 8.42. The molecule has 0 aromatic heterocycles. The molecule has 0 radical (unpaired) electrons. The van der Waals surface area contributed by atoms with Crippen LogP contribution in [0, 0.1) is 29.0 Å². The van der Waals surface area contributed by atoms with Crippen molar-refractivity contribution in [1.82, 2.24) is 0 Å². The van der Waals surface area contributed by atoms with Crippen LogP contribution in [0.4, 0.5) is 8.78 Å². The van der Waals surface area contributed by atoms with Gasteiger partial charge in [-0.05, 0) is 99.8 Å². The minimum absolute atomic E-state index is 0.0000382. The van der Waals surface area contributed by atoms with Gasteiger partial charge in [-0.3, -0.25) is 4.79 Å². The largest absolute Gasteiger partial charge is 0.462 e. The average Bonchev–Trinajstić information content (AvgIpc) is 2.75. The van der Waals surface area contributed by atoms with Crippen molar-refractivity contribution in [3.8, 4) is 6.07 Å². The van der Waals surface area contributed by atoms with Crippen LogP contribution in [0.3, 0.4) is 0 Å². The van der Waals surface area contributed by atoms with Gasteiger partial charge in [0.1, 0.15) is 18.0 Å². The third kappa shape index (κ3) is 6.39. The number of carbonyl (C=O) groups excluding carboxylic acids is 1. The first kappa shape index (κ1) is 21.5. The Bertz CT molecular complexity index is 737. The van der Waals surface area contributed by atoms with E-state index in [1.54, 1.807) is 0 Å². The van der Waals surface area contributed by atoms with Gasteiger partial charge in [-0.25, -0.2) is 4.39 Å². The average molecular weight is 401 g/mol. The second kappa shape index (κ2) is 10.5. The predicted octanol–water partition coefficient (Wildman–Crippen LogP) is 6.36. The Morgan fingerprint density at radius 1 is 1.07 bits per heavy atom. The van der Waals surface area contributed by atoms with Gasteiger partial charge in [0.05, 0.1) is 5.92 Å². The Hall–Kier alpha value is -2.22. The van der Waals surface area contributed by atoms with E-state index < -0.39 is 5.83 Å². The van der Waals surface area contributed by atoms with Crippen LogP contribution in [-0.2, 0) is 9.53 Å². The lowest BCUT2D eigenvalue weighted by atomic mass is 9.78. The van der Waals surface area contributed by atoms with E-state index in [0.717, 1.165) is 63.4 Å². The molecule has 0 N–H and O–H groups in total. The van der Waals surface area contributed by atoms with E-state index in [1.165, 1.54) is 24.3 Å². The van der Waals surface area contributed by atoms with Crippen LogP contribution in [0.25, 0.3) is 0 Å². The molecule has 0 amide bonds. The summed E-state index contributed by atoms with van der Waals surface area (Å²) in [5.74, 6) is -0.101. The van der Waals surface area contributed by atoms with Crippen molar-refractivity contribution in [2.24, 2.45) is 11.8 Å². The summed E-state index contributed by atoms with van der Waals surface area (Å²) in [4.78, 5) is 12.6. The van der Waals surface area contributed by atoms with E-state index in [9.17, 15) is 13.6 Å². The smallest absolute Gasteiger partial charge is 0.309 e. The highest BCUT2D eigenvalue weighted by atomic mass is 19.1. The molecule has 0 spiro atoms. The Labute approximate surface area is 171 Å². The van der Waals surface area contributed by atoms with E-state index in [4.69, 9.17) is 10.00 Å². The molecule has 0 atom stereocenters. The van der Waals surface area contributed by atoms with Crippen molar-refractivity contribution in [3.63, 3.8) is 0 Å². The van der Waals surface area contributed by atoms with Gasteiger partial charge in [0, 0.05) is 0 Å². The van der Waals surface area contributed by atoms with Gasteiger partial charge in [0.2, 0.25) is 0 Å². The van der Waals surface area contributed by atoms with Gasteiger partial charge in [-0.15, -0.1) is 0 Å². The Balaban J connectivity index is 1.36. The Morgan fingerprint density at radius 2 is 1.72 bits per heavy atom. The Kier molecular flexibility index (Phi) is 7.80. The SMILES string of the molecule is N#C/C(F)=C\CCC1CCC(OC(=O)C2CCC(c3ccc(F)cc3)CC2)CC1. The first-order valence-electron chi connectivity index (χ1n) is 10.8. The summed E-state index contributed by atoms with van der Waals surface area (Å²) in [6.45, 7) is 0. The first-order chi connectivity index (χ1) is 14.0. The van der Waals surface area contributed by atoms with E-state index in [-0.39, 0.29) is 23.8 Å². The lowest BCUT2D eigenvalue weighted by Crippen LogP contribution is -2.29. The molecule has 2 aliphatic rings. The van der Waals surface area contributed by atoms with E-state index in [0.29, 0.717) is 18.3 Å². The minimum Gasteiger partial charge on any atom is -0.462 e. The van der Waals surface area contributed by atoms with Crippen molar-refractivity contribution in [2.75, 3.05) is 0 Å². The normalized spacial score (nSPS) is 27.8. The summed E-state index contributed by atoms with van der Waals surface area (Å²) in [6.07, 6.45) is 10.0. The molecule has 2 saturated carbocycles. The molecule has 1 aromatic rings. The minimum atomic E-state index is -0.707. The highest BCUT2D eigenvalue weighted by Gasteiger charge is 2.31. The molecular formula is C24H29F2NO2. The zero-order chi connectivity index (χ0) is 20.6. The number of hydrogen-bond donors (Lipinski definition) is 0. The molecule has 2 fully saturated rings. The number of halogens is 2. The Morgan fingerprint density at radius 3 is 2.34 bits per heavy atom. The number of ether oxygens (including phenoxy) is 1. The third-order valence-electron chi connectivity index (χ3n) is 6.48. The van der Waals surface area contributed by atoms with E-state index in [2.05, 4.69) is 0 Å².